The fraction of sp³-hybridized carbons (Fsp3) is 0. The van der Waals surface area contributed by atoms with E-state index < -0.39 is 11.0 Å². The number of rotatable bonds is 2. The first-order valence-corrected chi connectivity index (χ1v) is 4.24. The molecule has 1 aromatic carbocycles. The maximum Gasteiger partial charge on any atom is 0.299 e. The van der Waals surface area contributed by atoms with Crippen molar-refractivity contribution in [3.05, 3.63) is 29.3 Å². The quantitative estimate of drug-likeness (QED) is 0.719. The van der Waals surface area contributed by atoms with E-state index in [1.807, 2.05) is 0 Å². The summed E-state index contributed by atoms with van der Waals surface area (Å²) in [5.41, 5.74) is 0. The predicted octanol–water partition coefficient (Wildman–Crippen LogP) is 0.421. The highest BCUT2D eigenvalue weighted by molar-refractivity contribution is 7.67. The van der Waals surface area contributed by atoms with Crippen molar-refractivity contribution in [2.24, 2.45) is 0 Å². The molecule has 6 heteroatoms. The average Bonchev–Trinajstić information content (AvgIpc) is 1.93. The van der Waals surface area contributed by atoms with Crippen molar-refractivity contribution in [2.75, 3.05) is 0 Å². The van der Waals surface area contributed by atoms with Gasteiger partial charge in [-0.05, 0) is 24.3 Å². The minimum atomic E-state index is -2.83. The first-order valence-electron chi connectivity index (χ1n) is 2.76. The lowest BCUT2D eigenvalue weighted by atomic mass is 10.3. The second-order valence-electron chi connectivity index (χ2n) is 1.77. The van der Waals surface area contributed by atoms with Crippen LogP contribution in [0.5, 0.6) is 5.75 Å². The molecule has 1 rings (SSSR count). The van der Waals surface area contributed by atoms with E-state index in [1.165, 1.54) is 12.1 Å². The van der Waals surface area contributed by atoms with Gasteiger partial charge in [-0.1, -0.05) is 11.6 Å². The van der Waals surface area contributed by atoms with E-state index in [0.717, 1.165) is 0 Å². The average molecular weight is 211 g/mol. The van der Waals surface area contributed by atoms with E-state index in [9.17, 15) is 8.42 Å². The van der Waals surface area contributed by atoms with Crippen LogP contribution in [0.1, 0.15) is 0 Å². The molecular weight excluding hydrogens is 204 g/mol. The Hall–Kier alpha value is -0.780. The Bertz CT molecular complexity index is 298. The third-order valence-electron chi connectivity index (χ3n) is 0.994. The summed E-state index contributed by atoms with van der Waals surface area (Å²) in [4.78, 5) is 0. The second kappa shape index (κ2) is 4.97. The van der Waals surface area contributed by atoms with Gasteiger partial charge in [0.1, 0.15) is 5.75 Å². The van der Waals surface area contributed by atoms with Crippen LogP contribution in [0.15, 0.2) is 24.3 Å². The molecule has 0 unspecified atom stereocenters. The van der Waals surface area contributed by atoms with Gasteiger partial charge in [0.05, 0.1) is 0 Å². The fourth-order valence-corrected chi connectivity index (χ4v) is 1.00. The molecule has 2 N–H and O–H groups in total. The first kappa shape index (κ1) is 11.2. The van der Waals surface area contributed by atoms with E-state index in [4.69, 9.17) is 11.6 Å². The van der Waals surface area contributed by atoms with Crippen LogP contribution in [0, 0.1) is 0 Å². The number of hydrogen-bond donors (Lipinski definition) is 1. The molecule has 0 amide bonds. The summed E-state index contributed by atoms with van der Waals surface area (Å²) >= 11 is 5.54. The van der Waals surface area contributed by atoms with Crippen LogP contribution < -0.4 is 4.18 Å². The van der Waals surface area contributed by atoms with Crippen LogP contribution in [0.2, 0.25) is 5.02 Å². The van der Waals surface area contributed by atoms with Crippen LogP contribution in [-0.2, 0) is 11.0 Å². The van der Waals surface area contributed by atoms with Gasteiger partial charge in [-0.2, -0.15) is 8.42 Å². The van der Waals surface area contributed by atoms with Gasteiger partial charge in [-0.3, -0.25) is 0 Å². The van der Waals surface area contributed by atoms with Gasteiger partial charge in [-0.15, -0.1) is 0 Å². The molecule has 0 atom stereocenters. The van der Waals surface area contributed by atoms with Crippen molar-refractivity contribution >= 4 is 22.6 Å². The monoisotopic (exact) mass is 210 g/mol. The lowest BCUT2D eigenvalue weighted by Gasteiger charge is -1.95. The Labute approximate surface area is 76.2 Å². The molecule has 0 aliphatic heterocycles. The maximum absolute atomic E-state index is 10.0. The number of thiol groups is 1. The highest BCUT2D eigenvalue weighted by Gasteiger charge is 1.92. The lowest BCUT2D eigenvalue weighted by Crippen LogP contribution is -1.88. The molecular formula is C6H7ClO4S. The minimum Gasteiger partial charge on any atom is -0.412 e. The van der Waals surface area contributed by atoms with Gasteiger partial charge in [0.25, 0.3) is 11.0 Å². The van der Waals surface area contributed by atoms with E-state index in [-0.39, 0.29) is 11.2 Å². The molecule has 1 aromatic rings. The molecule has 4 nitrogen and oxygen atoms in total. The van der Waals surface area contributed by atoms with E-state index in [0.29, 0.717) is 5.02 Å². The zero-order chi connectivity index (χ0) is 8.27. The van der Waals surface area contributed by atoms with Crippen molar-refractivity contribution in [3.8, 4) is 5.75 Å². The second-order valence-corrected chi connectivity index (χ2v) is 2.84. The van der Waals surface area contributed by atoms with Crippen molar-refractivity contribution < 1.29 is 18.1 Å². The Kier molecular flexibility index (Phi) is 4.65. The molecule has 0 saturated carbocycles. The Morgan fingerprint density at radius 2 is 1.67 bits per heavy atom. The molecule has 0 radical (unpaired) electrons. The van der Waals surface area contributed by atoms with Crippen molar-refractivity contribution in [1.29, 1.82) is 0 Å². The molecule has 0 fully saturated rings. The molecule has 0 aliphatic rings. The number of hydrogen-bond acceptors (Lipinski definition) is 3. The van der Waals surface area contributed by atoms with Gasteiger partial charge in [0.15, 0.2) is 0 Å². The van der Waals surface area contributed by atoms with Crippen molar-refractivity contribution in [2.45, 2.75) is 0 Å². The number of benzene rings is 1. The normalized spacial score (nSPS) is 9.17. The lowest BCUT2D eigenvalue weighted by molar-refractivity contribution is 0.510. The van der Waals surface area contributed by atoms with Crippen LogP contribution in [0.3, 0.4) is 0 Å². The van der Waals surface area contributed by atoms with Gasteiger partial charge in [0, 0.05) is 5.02 Å². The molecule has 0 spiro atoms. The van der Waals surface area contributed by atoms with Gasteiger partial charge in [0.2, 0.25) is 0 Å². The first-order chi connectivity index (χ1) is 5.18. The smallest absolute Gasteiger partial charge is 0.299 e. The van der Waals surface area contributed by atoms with Gasteiger partial charge >= 0.3 is 0 Å². The molecule has 0 saturated heterocycles. The van der Waals surface area contributed by atoms with Crippen LogP contribution >= 0.6 is 11.6 Å². The molecule has 12 heavy (non-hydrogen) atoms. The summed E-state index contributed by atoms with van der Waals surface area (Å²) in [6.45, 7) is 0. The summed E-state index contributed by atoms with van der Waals surface area (Å²) in [5, 5.41) is 0.540. The van der Waals surface area contributed by atoms with Gasteiger partial charge in [-0.25, -0.2) is 0 Å². The highest BCUT2D eigenvalue weighted by Crippen LogP contribution is 2.15. The van der Waals surface area contributed by atoms with E-state index >= 15 is 0 Å². The topological polar surface area (TPSA) is 74.9 Å². The zero-order valence-corrected chi connectivity index (χ0v) is 7.51. The Balaban J connectivity index is 0.00000121. The Morgan fingerprint density at radius 1 is 1.17 bits per heavy atom. The van der Waals surface area contributed by atoms with E-state index in [1.54, 1.807) is 12.1 Å². The summed E-state index contributed by atoms with van der Waals surface area (Å²) in [5.74, 6) is 0.269. The minimum absolute atomic E-state index is 0. The zero-order valence-electron chi connectivity index (χ0n) is 5.86. The summed E-state index contributed by atoms with van der Waals surface area (Å²) in [6, 6.07) is 6.06. The molecule has 0 aromatic heterocycles. The number of halogens is 1. The SMILES string of the molecule is O.O=[SH](=O)Oc1ccc(Cl)cc1. The van der Waals surface area contributed by atoms with E-state index in [2.05, 4.69) is 4.18 Å². The maximum atomic E-state index is 10.0. The Morgan fingerprint density at radius 3 is 2.08 bits per heavy atom. The highest BCUT2D eigenvalue weighted by atomic mass is 35.5. The van der Waals surface area contributed by atoms with Gasteiger partial charge < -0.3 is 9.66 Å². The van der Waals surface area contributed by atoms with Crippen LogP contribution in [0.25, 0.3) is 0 Å². The largest absolute Gasteiger partial charge is 0.412 e. The molecule has 0 heterocycles. The fourth-order valence-electron chi connectivity index (χ4n) is 0.582. The van der Waals surface area contributed by atoms with Crippen LogP contribution in [0.4, 0.5) is 0 Å². The van der Waals surface area contributed by atoms with Crippen molar-refractivity contribution in [1.82, 2.24) is 0 Å². The molecule has 0 bridgehead atoms. The summed E-state index contributed by atoms with van der Waals surface area (Å²) in [6.07, 6.45) is 0. The summed E-state index contributed by atoms with van der Waals surface area (Å²) < 4.78 is 24.4. The van der Waals surface area contributed by atoms with Crippen LogP contribution in [-0.4, -0.2) is 13.9 Å². The molecule has 0 aliphatic carbocycles. The standard InChI is InChI=1S/C6H5ClO3S.H2O/c7-5-1-3-6(4-2-5)10-11(8)9;/h1-4,11H;1H2. The third kappa shape index (κ3) is 3.56. The molecule has 68 valence electrons. The van der Waals surface area contributed by atoms with Crippen molar-refractivity contribution in [3.63, 3.8) is 0 Å². The predicted molar refractivity (Wildman–Crippen MR) is 46.0 cm³/mol. The summed E-state index contributed by atoms with van der Waals surface area (Å²) in [7, 11) is -2.83. The third-order valence-corrected chi connectivity index (χ3v) is 1.61.